The number of aromatic nitrogens is 2. The quantitative estimate of drug-likeness (QED) is 0.386. The second-order valence-corrected chi connectivity index (χ2v) is 13.5. The summed E-state index contributed by atoms with van der Waals surface area (Å²) in [6.45, 7) is 11.6. The molecule has 2 heterocycles. The molecule has 0 radical (unpaired) electrons. The summed E-state index contributed by atoms with van der Waals surface area (Å²) in [5.41, 5.74) is 5.56. The number of nitrogen functional groups attached to an aromatic ring is 1. The van der Waals surface area contributed by atoms with Gasteiger partial charge in [0.15, 0.2) is 14.5 Å². The number of nitriles is 1. The van der Waals surface area contributed by atoms with Crippen LogP contribution in [-0.2, 0) is 13.9 Å². The summed E-state index contributed by atoms with van der Waals surface area (Å²) in [7, 11) is -2.38. The molecule has 0 unspecified atom stereocenters. The van der Waals surface area contributed by atoms with E-state index in [0.717, 1.165) is 12.5 Å². The second-order valence-electron chi connectivity index (χ2n) is 8.59. The van der Waals surface area contributed by atoms with Crippen LogP contribution in [0.25, 0.3) is 0 Å². The van der Waals surface area contributed by atoms with Gasteiger partial charge in [-0.2, -0.15) is 10.2 Å². The SMILES string of the molecule is CCOCCC[Si](O[C@H]1[C@H](C#N)[C@H](n2ccc(N)nc2=O)O[C@@H]1CO)(C(C)C)C(C)C. The Morgan fingerprint density at radius 3 is 2.58 bits per heavy atom. The number of nitrogens with zero attached hydrogens (tertiary/aromatic N) is 3. The summed E-state index contributed by atoms with van der Waals surface area (Å²) in [5.74, 6) is -0.670. The number of hydrogen-bond acceptors (Lipinski definition) is 8. The van der Waals surface area contributed by atoms with Gasteiger partial charge in [0.05, 0.1) is 18.8 Å². The molecule has 0 amide bonds. The smallest absolute Gasteiger partial charge is 0.351 e. The lowest BCUT2D eigenvalue weighted by atomic mass is 10.0. The maximum absolute atomic E-state index is 12.4. The molecule has 1 aromatic rings. The van der Waals surface area contributed by atoms with Gasteiger partial charge in [-0.05, 0) is 36.5 Å². The van der Waals surface area contributed by atoms with Gasteiger partial charge < -0.3 is 24.7 Å². The van der Waals surface area contributed by atoms with E-state index < -0.39 is 38.4 Å². The van der Waals surface area contributed by atoms with E-state index in [4.69, 9.17) is 19.6 Å². The normalized spacial score (nSPS) is 24.1. The first-order valence-corrected chi connectivity index (χ1v) is 13.2. The van der Waals surface area contributed by atoms with E-state index in [1.165, 1.54) is 16.8 Å². The van der Waals surface area contributed by atoms with Crippen LogP contribution in [0.5, 0.6) is 0 Å². The molecule has 31 heavy (non-hydrogen) atoms. The van der Waals surface area contributed by atoms with E-state index in [-0.39, 0.29) is 23.5 Å². The van der Waals surface area contributed by atoms with Crippen molar-refractivity contribution in [3.8, 4) is 6.07 Å². The zero-order valence-corrected chi connectivity index (χ0v) is 20.2. The van der Waals surface area contributed by atoms with Gasteiger partial charge in [-0.3, -0.25) is 4.57 Å². The summed E-state index contributed by atoms with van der Waals surface area (Å²) >= 11 is 0. The molecule has 1 fully saturated rings. The van der Waals surface area contributed by atoms with Crippen LogP contribution in [0, 0.1) is 17.2 Å². The zero-order valence-electron chi connectivity index (χ0n) is 19.2. The third kappa shape index (κ3) is 5.54. The minimum absolute atomic E-state index is 0.0969. The molecule has 4 atom stereocenters. The molecule has 10 heteroatoms. The molecule has 1 aliphatic rings. The Kier molecular flexibility index (Phi) is 9.21. The molecule has 0 aliphatic carbocycles. The van der Waals surface area contributed by atoms with Gasteiger partial charge in [0.2, 0.25) is 0 Å². The predicted octanol–water partition coefficient (Wildman–Crippen LogP) is 2.43. The lowest BCUT2D eigenvalue weighted by molar-refractivity contribution is -0.0454. The lowest BCUT2D eigenvalue weighted by Crippen LogP contribution is -2.51. The van der Waals surface area contributed by atoms with Crippen LogP contribution in [0.4, 0.5) is 5.82 Å². The molecule has 0 saturated carbocycles. The van der Waals surface area contributed by atoms with E-state index in [9.17, 15) is 15.2 Å². The number of rotatable bonds is 11. The van der Waals surface area contributed by atoms with Crippen molar-refractivity contribution in [1.29, 1.82) is 5.26 Å². The Hall–Kier alpha value is -1.77. The van der Waals surface area contributed by atoms with E-state index in [1.54, 1.807) is 0 Å². The van der Waals surface area contributed by atoms with Gasteiger partial charge >= 0.3 is 5.69 Å². The first kappa shape index (κ1) is 25.5. The number of ether oxygens (including phenoxy) is 2. The lowest BCUT2D eigenvalue weighted by Gasteiger charge is -2.42. The highest BCUT2D eigenvalue weighted by Crippen LogP contribution is 2.44. The Morgan fingerprint density at radius 2 is 2.06 bits per heavy atom. The van der Waals surface area contributed by atoms with Crippen LogP contribution in [0.3, 0.4) is 0 Å². The van der Waals surface area contributed by atoms with Gasteiger partial charge in [0, 0.05) is 19.4 Å². The molecular weight excluding hydrogens is 416 g/mol. The molecule has 0 bridgehead atoms. The molecule has 0 aromatic carbocycles. The minimum Gasteiger partial charge on any atom is -0.409 e. The number of anilines is 1. The Balaban J connectivity index is 2.37. The van der Waals surface area contributed by atoms with Crippen molar-refractivity contribution < 1.29 is 19.0 Å². The third-order valence-corrected chi connectivity index (χ3v) is 11.9. The number of aliphatic hydroxyl groups is 1. The van der Waals surface area contributed by atoms with Gasteiger partial charge in [-0.15, -0.1) is 0 Å². The number of hydrogen-bond donors (Lipinski definition) is 2. The van der Waals surface area contributed by atoms with Crippen molar-refractivity contribution in [2.75, 3.05) is 25.6 Å². The largest absolute Gasteiger partial charge is 0.409 e. The van der Waals surface area contributed by atoms with E-state index in [1.807, 2.05) is 6.92 Å². The van der Waals surface area contributed by atoms with Crippen molar-refractivity contribution >= 4 is 14.1 Å². The second kappa shape index (κ2) is 11.2. The van der Waals surface area contributed by atoms with E-state index in [2.05, 4.69) is 38.7 Å². The van der Waals surface area contributed by atoms with Crippen LogP contribution < -0.4 is 11.4 Å². The first-order chi connectivity index (χ1) is 14.7. The van der Waals surface area contributed by atoms with Crippen molar-refractivity contribution in [3.63, 3.8) is 0 Å². The summed E-state index contributed by atoms with van der Waals surface area (Å²) in [6, 6.07) is 4.62. The topological polar surface area (TPSA) is 133 Å². The highest BCUT2D eigenvalue weighted by atomic mass is 28.4. The fourth-order valence-electron chi connectivity index (χ4n) is 4.45. The highest BCUT2D eigenvalue weighted by molar-refractivity contribution is 6.76. The van der Waals surface area contributed by atoms with Gasteiger partial charge in [0.25, 0.3) is 0 Å². The average Bonchev–Trinajstić information content (AvgIpc) is 3.06. The summed E-state index contributed by atoms with van der Waals surface area (Å²) in [5, 5.41) is 20.0. The van der Waals surface area contributed by atoms with Gasteiger partial charge in [-0.25, -0.2) is 4.79 Å². The fraction of sp³-hybridized carbons (Fsp3) is 0.762. The molecule has 9 nitrogen and oxygen atoms in total. The van der Waals surface area contributed by atoms with Crippen LogP contribution >= 0.6 is 0 Å². The molecule has 174 valence electrons. The van der Waals surface area contributed by atoms with Gasteiger partial charge in [0.1, 0.15) is 17.8 Å². The molecule has 3 N–H and O–H groups in total. The zero-order chi connectivity index (χ0) is 23.2. The predicted molar refractivity (Wildman–Crippen MR) is 120 cm³/mol. The minimum atomic E-state index is -2.38. The van der Waals surface area contributed by atoms with Crippen molar-refractivity contribution in [1.82, 2.24) is 9.55 Å². The Morgan fingerprint density at radius 1 is 1.39 bits per heavy atom. The van der Waals surface area contributed by atoms with Crippen molar-refractivity contribution in [2.45, 2.75) is 76.6 Å². The number of nitrogens with two attached hydrogens (primary N) is 1. The van der Waals surface area contributed by atoms with E-state index in [0.29, 0.717) is 13.2 Å². The summed E-state index contributed by atoms with van der Waals surface area (Å²) < 4.78 is 19.6. The van der Waals surface area contributed by atoms with Crippen LogP contribution in [0.2, 0.25) is 17.1 Å². The van der Waals surface area contributed by atoms with Crippen LogP contribution in [-0.4, -0.2) is 55.0 Å². The highest BCUT2D eigenvalue weighted by Gasteiger charge is 2.52. The summed E-state index contributed by atoms with van der Waals surface area (Å²) in [4.78, 5) is 16.1. The molecular formula is C21H36N4O5Si. The number of aliphatic hydroxyl groups excluding tert-OH is 1. The molecule has 1 aromatic heterocycles. The molecule has 2 rings (SSSR count). The van der Waals surface area contributed by atoms with Gasteiger partial charge in [-0.1, -0.05) is 27.7 Å². The monoisotopic (exact) mass is 452 g/mol. The molecule has 1 aliphatic heterocycles. The van der Waals surface area contributed by atoms with Crippen LogP contribution in [0.15, 0.2) is 17.1 Å². The summed E-state index contributed by atoms with van der Waals surface area (Å²) in [6.07, 6.45) is 0.0785. The Bertz CT molecular complexity index is 802. The third-order valence-electron chi connectivity index (χ3n) is 6.17. The maximum Gasteiger partial charge on any atom is 0.351 e. The standard InChI is InChI=1S/C21H36N4O5Si/c1-6-28-10-7-11-31(14(2)3,15(4)5)30-19-16(12-22)20(29-17(19)13-26)25-9-8-18(23)24-21(25)27/h8-9,14-17,19-20,26H,6-7,10-11,13H2,1-5H3,(H2,23,24,27)/t16-,17+,19-,20+/m0/s1. The molecule has 0 spiro atoms. The van der Waals surface area contributed by atoms with Crippen molar-refractivity contribution in [3.05, 3.63) is 22.7 Å². The van der Waals surface area contributed by atoms with Crippen LogP contribution in [0.1, 0.15) is 47.3 Å². The maximum atomic E-state index is 12.4. The molecule has 1 saturated heterocycles. The average molecular weight is 453 g/mol. The Labute approximate surface area is 185 Å². The fourth-order valence-corrected chi connectivity index (χ4v) is 9.10. The first-order valence-electron chi connectivity index (χ1n) is 11.0. The van der Waals surface area contributed by atoms with Crippen molar-refractivity contribution in [2.24, 2.45) is 5.92 Å². The van der Waals surface area contributed by atoms with E-state index >= 15 is 0 Å².